The van der Waals surface area contributed by atoms with Gasteiger partial charge in [-0.3, -0.25) is 0 Å². The third kappa shape index (κ3) is 2.46. The largest absolute Gasteiger partial charge is 0.495 e. The molecule has 7 heteroatoms. The van der Waals surface area contributed by atoms with Crippen LogP contribution in [0.3, 0.4) is 0 Å². The Morgan fingerprint density at radius 1 is 1.21 bits per heavy atom. The zero-order chi connectivity index (χ0) is 14.0. The van der Waals surface area contributed by atoms with E-state index in [0.717, 1.165) is 0 Å². The Balaban J connectivity index is 2.69. The molecule has 0 amide bonds. The number of halogens is 2. The Morgan fingerprint density at radius 3 is 2.58 bits per heavy atom. The summed E-state index contributed by atoms with van der Waals surface area (Å²) in [6.07, 6.45) is 1.36. The number of hydrogen-bond donors (Lipinski definition) is 1. The molecule has 0 aliphatic rings. The smallest absolute Gasteiger partial charge is 0.146 e. The van der Waals surface area contributed by atoms with Gasteiger partial charge in [-0.2, -0.15) is 0 Å². The van der Waals surface area contributed by atoms with Crippen LogP contribution >= 0.6 is 27.5 Å². The van der Waals surface area contributed by atoms with E-state index in [9.17, 15) is 0 Å². The van der Waals surface area contributed by atoms with Crippen LogP contribution < -0.4 is 15.2 Å². The molecule has 0 radical (unpaired) electrons. The van der Waals surface area contributed by atoms with Gasteiger partial charge in [0.25, 0.3) is 0 Å². The summed E-state index contributed by atoms with van der Waals surface area (Å²) >= 11 is 9.56. The maximum Gasteiger partial charge on any atom is 0.146 e. The summed E-state index contributed by atoms with van der Waals surface area (Å²) in [6, 6.07) is 3.59. The second-order valence-corrected chi connectivity index (χ2v) is 4.76. The van der Waals surface area contributed by atoms with Crippen LogP contribution in [-0.2, 0) is 0 Å². The lowest BCUT2D eigenvalue weighted by Crippen LogP contribution is -1.98. The number of hydrogen-bond acceptors (Lipinski definition) is 5. The van der Waals surface area contributed by atoms with E-state index in [1.807, 2.05) is 0 Å². The monoisotopic (exact) mass is 343 g/mol. The van der Waals surface area contributed by atoms with Gasteiger partial charge in [-0.25, -0.2) is 9.97 Å². The standard InChI is InChI=1S/C12H11BrClN3O2/c1-18-7-4-3-6(11(19-2)8(7)13)10-9(14)12(15)17-5-16-10/h3-5H,1-2H3,(H2,15,16,17). The number of ether oxygens (including phenoxy) is 2. The van der Waals surface area contributed by atoms with Crippen LogP contribution in [0.5, 0.6) is 11.5 Å². The number of nitrogens with two attached hydrogens (primary N) is 1. The first-order chi connectivity index (χ1) is 9.10. The van der Waals surface area contributed by atoms with E-state index in [-0.39, 0.29) is 10.8 Å². The SMILES string of the molecule is COc1ccc(-c2ncnc(N)c2Cl)c(OC)c1Br. The third-order valence-corrected chi connectivity index (χ3v) is 3.68. The quantitative estimate of drug-likeness (QED) is 0.926. The maximum atomic E-state index is 6.13. The van der Waals surface area contributed by atoms with Gasteiger partial charge in [0.2, 0.25) is 0 Å². The molecule has 19 heavy (non-hydrogen) atoms. The fraction of sp³-hybridized carbons (Fsp3) is 0.167. The van der Waals surface area contributed by atoms with E-state index in [4.69, 9.17) is 26.8 Å². The number of nitrogen functional groups attached to an aromatic ring is 1. The first-order valence-electron chi connectivity index (χ1n) is 5.27. The lowest BCUT2D eigenvalue weighted by molar-refractivity contribution is 0.390. The van der Waals surface area contributed by atoms with Crippen LogP contribution in [0.4, 0.5) is 5.82 Å². The minimum atomic E-state index is 0.223. The molecule has 0 atom stereocenters. The van der Waals surface area contributed by atoms with Gasteiger partial charge in [-0.15, -0.1) is 0 Å². The van der Waals surface area contributed by atoms with Crippen molar-refractivity contribution >= 4 is 33.3 Å². The predicted octanol–water partition coefficient (Wildman–Crippen LogP) is 3.16. The van der Waals surface area contributed by atoms with Gasteiger partial charge in [-0.05, 0) is 28.1 Å². The lowest BCUT2D eigenvalue weighted by atomic mass is 10.1. The van der Waals surface area contributed by atoms with Crippen molar-refractivity contribution in [2.45, 2.75) is 0 Å². The minimum absolute atomic E-state index is 0.223. The highest BCUT2D eigenvalue weighted by Crippen LogP contribution is 2.43. The first kappa shape index (κ1) is 13.9. The molecule has 2 N–H and O–H groups in total. The van der Waals surface area contributed by atoms with E-state index in [0.29, 0.717) is 27.2 Å². The molecular formula is C12H11BrClN3O2. The number of anilines is 1. The van der Waals surface area contributed by atoms with Crippen molar-refractivity contribution in [3.05, 3.63) is 28.0 Å². The third-order valence-electron chi connectivity index (χ3n) is 2.56. The van der Waals surface area contributed by atoms with Crippen molar-refractivity contribution in [2.75, 3.05) is 20.0 Å². The molecule has 2 aromatic rings. The van der Waals surface area contributed by atoms with Crippen LogP contribution in [0.15, 0.2) is 22.9 Å². The van der Waals surface area contributed by atoms with Gasteiger partial charge >= 0.3 is 0 Å². The van der Waals surface area contributed by atoms with Crippen LogP contribution in [0, 0.1) is 0 Å². The molecule has 100 valence electrons. The van der Waals surface area contributed by atoms with Gasteiger partial charge in [-0.1, -0.05) is 11.6 Å². The fourth-order valence-corrected chi connectivity index (χ4v) is 2.52. The normalized spacial score (nSPS) is 10.3. The minimum Gasteiger partial charge on any atom is -0.495 e. The Bertz CT molecular complexity index is 622. The van der Waals surface area contributed by atoms with Crippen LogP contribution in [0.2, 0.25) is 5.02 Å². The van der Waals surface area contributed by atoms with E-state index in [1.165, 1.54) is 6.33 Å². The lowest BCUT2D eigenvalue weighted by Gasteiger charge is -2.14. The molecule has 0 saturated heterocycles. The highest BCUT2D eigenvalue weighted by atomic mass is 79.9. The Kier molecular flexibility index (Phi) is 4.11. The summed E-state index contributed by atoms with van der Waals surface area (Å²) in [4.78, 5) is 7.98. The van der Waals surface area contributed by atoms with Gasteiger partial charge in [0.1, 0.15) is 33.1 Å². The zero-order valence-electron chi connectivity index (χ0n) is 10.3. The Labute approximate surface area is 123 Å². The summed E-state index contributed by atoms with van der Waals surface area (Å²) in [5, 5.41) is 0.290. The van der Waals surface area contributed by atoms with Crippen molar-refractivity contribution in [2.24, 2.45) is 0 Å². The first-order valence-corrected chi connectivity index (χ1v) is 6.44. The van der Waals surface area contributed by atoms with E-state index in [1.54, 1.807) is 26.4 Å². The van der Waals surface area contributed by atoms with Crippen molar-refractivity contribution in [3.63, 3.8) is 0 Å². The molecule has 2 rings (SSSR count). The molecule has 0 saturated carbocycles. The highest BCUT2D eigenvalue weighted by Gasteiger charge is 2.18. The number of aromatic nitrogens is 2. The van der Waals surface area contributed by atoms with Crippen molar-refractivity contribution < 1.29 is 9.47 Å². The number of benzene rings is 1. The highest BCUT2D eigenvalue weighted by molar-refractivity contribution is 9.10. The Morgan fingerprint density at radius 2 is 1.95 bits per heavy atom. The summed E-state index contributed by atoms with van der Waals surface area (Å²) < 4.78 is 11.3. The van der Waals surface area contributed by atoms with E-state index >= 15 is 0 Å². The predicted molar refractivity (Wildman–Crippen MR) is 77.7 cm³/mol. The molecule has 1 heterocycles. The van der Waals surface area contributed by atoms with Crippen LogP contribution in [0.1, 0.15) is 0 Å². The molecule has 0 aliphatic heterocycles. The number of methoxy groups -OCH3 is 2. The van der Waals surface area contributed by atoms with Gasteiger partial charge in [0.15, 0.2) is 0 Å². The molecule has 0 aliphatic carbocycles. The molecule has 1 aromatic heterocycles. The average Bonchev–Trinajstić information content (AvgIpc) is 2.41. The topological polar surface area (TPSA) is 70.3 Å². The molecular weight excluding hydrogens is 334 g/mol. The average molecular weight is 345 g/mol. The summed E-state index contributed by atoms with van der Waals surface area (Å²) in [5.41, 5.74) is 6.90. The zero-order valence-corrected chi connectivity index (χ0v) is 12.6. The molecule has 0 spiro atoms. The van der Waals surface area contributed by atoms with Crippen LogP contribution in [-0.4, -0.2) is 24.2 Å². The molecule has 0 fully saturated rings. The second-order valence-electron chi connectivity index (χ2n) is 3.58. The van der Waals surface area contributed by atoms with Crippen molar-refractivity contribution in [1.82, 2.24) is 9.97 Å². The number of nitrogens with zero attached hydrogens (tertiary/aromatic N) is 2. The fourth-order valence-electron chi connectivity index (χ4n) is 1.65. The maximum absolute atomic E-state index is 6.13. The Hall–Kier alpha value is -1.53. The van der Waals surface area contributed by atoms with Gasteiger partial charge in [0, 0.05) is 5.56 Å². The second kappa shape index (κ2) is 5.63. The number of rotatable bonds is 3. The molecule has 0 bridgehead atoms. The summed E-state index contributed by atoms with van der Waals surface area (Å²) in [7, 11) is 3.14. The molecule has 0 unspecified atom stereocenters. The van der Waals surface area contributed by atoms with Crippen molar-refractivity contribution in [3.8, 4) is 22.8 Å². The van der Waals surface area contributed by atoms with Crippen LogP contribution in [0.25, 0.3) is 11.3 Å². The van der Waals surface area contributed by atoms with E-state index < -0.39 is 0 Å². The molecule has 1 aromatic carbocycles. The summed E-state index contributed by atoms with van der Waals surface area (Å²) in [6.45, 7) is 0. The van der Waals surface area contributed by atoms with E-state index in [2.05, 4.69) is 25.9 Å². The van der Waals surface area contributed by atoms with Crippen molar-refractivity contribution in [1.29, 1.82) is 0 Å². The summed E-state index contributed by atoms with van der Waals surface area (Å²) in [5.74, 6) is 1.44. The molecule has 5 nitrogen and oxygen atoms in total. The van der Waals surface area contributed by atoms with Gasteiger partial charge in [0.05, 0.1) is 19.9 Å². The van der Waals surface area contributed by atoms with Gasteiger partial charge < -0.3 is 15.2 Å².